The molecule has 0 aromatic heterocycles. The summed E-state index contributed by atoms with van der Waals surface area (Å²) in [6.45, 7) is 2.47. The molecule has 0 amide bonds. The average molecular weight is 259 g/mol. The number of benzene rings is 1. The fourth-order valence-corrected chi connectivity index (χ4v) is 1.66. The molecule has 18 heavy (non-hydrogen) atoms. The summed E-state index contributed by atoms with van der Waals surface area (Å²) >= 11 is 0. The number of hydrogen-bond donors (Lipinski definition) is 1. The van der Waals surface area contributed by atoms with E-state index in [0.717, 1.165) is 6.42 Å². The fourth-order valence-electron chi connectivity index (χ4n) is 1.66. The van der Waals surface area contributed by atoms with E-state index >= 15 is 0 Å². The number of rotatable bonds is 7. The first-order valence-corrected chi connectivity index (χ1v) is 5.86. The van der Waals surface area contributed by atoms with Crippen LogP contribution in [-0.4, -0.2) is 27.2 Å². The van der Waals surface area contributed by atoms with Crippen LogP contribution in [0.15, 0.2) is 18.2 Å². The Hall–Kier alpha value is -1.36. The number of ether oxygens (including phenoxy) is 2. The van der Waals surface area contributed by atoms with Gasteiger partial charge in [0, 0.05) is 6.07 Å². The van der Waals surface area contributed by atoms with Crippen molar-refractivity contribution in [2.24, 2.45) is 0 Å². The minimum absolute atomic E-state index is 0.467. The van der Waals surface area contributed by atoms with E-state index < -0.39 is 12.5 Å². The Bertz CT molecular complexity index is 350. The van der Waals surface area contributed by atoms with Crippen molar-refractivity contribution in [1.29, 1.82) is 0 Å². The first-order valence-electron chi connectivity index (χ1n) is 5.86. The molecule has 1 aromatic rings. The molecule has 1 rings (SSSR count). The molecular weight excluding hydrogens is 240 g/mol. The van der Waals surface area contributed by atoms with Crippen molar-refractivity contribution in [1.82, 2.24) is 5.32 Å². The van der Waals surface area contributed by atoms with E-state index in [2.05, 4.69) is 5.32 Å². The molecule has 0 heterocycles. The lowest BCUT2D eigenvalue weighted by Crippen LogP contribution is -2.28. The van der Waals surface area contributed by atoms with Gasteiger partial charge in [0.2, 0.25) is 0 Å². The van der Waals surface area contributed by atoms with E-state index in [-0.39, 0.29) is 0 Å². The van der Waals surface area contributed by atoms with E-state index in [0.29, 0.717) is 23.6 Å². The third-order valence-corrected chi connectivity index (χ3v) is 2.60. The molecule has 0 saturated heterocycles. The number of halogens is 2. The topological polar surface area (TPSA) is 30.5 Å². The molecule has 102 valence electrons. The SMILES string of the molecule is CCCNC(c1cc(OC)cc(OC)c1)C(F)F. The highest BCUT2D eigenvalue weighted by Gasteiger charge is 2.22. The summed E-state index contributed by atoms with van der Waals surface area (Å²) in [5.41, 5.74) is 0.467. The van der Waals surface area contributed by atoms with Crippen LogP contribution in [0.4, 0.5) is 8.78 Å². The first kappa shape index (κ1) is 14.7. The zero-order valence-corrected chi connectivity index (χ0v) is 10.9. The molecule has 0 radical (unpaired) electrons. The van der Waals surface area contributed by atoms with E-state index in [9.17, 15) is 8.78 Å². The molecule has 0 bridgehead atoms. The summed E-state index contributed by atoms with van der Waals surface area (Å²) in [5, 5.41) is 2.83. The Morgan fingerprint density at radius 1 is 1.11 bits per heavy atom. The lowest BCUT2D eigenvalue weighted by Gasteiger charge is -2.19. The molecule has 0 saturated carbocycles. The first-order chi connectivity index (χ1) is 8.62. The van der Waals surface area contributed by atoms with Crippen LogP contribution in [0.3, 0.4) is 0 Å². The van der Waals surface area contributed by atoms with Gasteiger partial charge >= 0.3 is 0 Å². The molecule has 0 spiro atoms. The Kier molecular flexibility index (Phi) is 5.85. The molecule has 1 atom stereocenters. The van der Waals surface area contributed by atoms with E-state index in [1.807, 2.05) is 6.92 Å². The maximum absolute atomic E-state index is 13.0. The lowest BCUT2D eigenvalue weighted by atomic mass is 10.1. The highest BCUT2D eigenvalue weighted by molar-refractivity contribution is 5.40. The van der Waals surface area contributed by atoms with Crippen LogP contribution in [0.2, 0.25) is 0 Å². The molecule has 5 heteroatoms. The summed E-state index contributed by atoms with van der Waals surface area (Å²) in [6.07, 6.45) is -1.68. The Balaban J connectivity index is 3.02. The summed E-state index contributed by atoms with van der Waals surface area (Å²) in [7, 11) is 2.99. The maximum Gasteiger partial charge on any atom is 0.257 e. The second-order valence-corrected chi connectivity index (χ2v) is 3.91. The summed E-state index contributed by atoms with van der Waals surface area (Å²) in [5.74, 6) is 1.02. The zero-order chi connectivity index (χ0) is 13.5. The Morgan fingerprint density at radius 3 is 2.06 bits per heavy atom. The Labute approximate surface area is 106 Å². The van der Waals surface area contributed by atoms with Gasteiger partial charge in [0.05, 0.1) is 20.3 Å². The van der Waals surface area contributed by atoms with Crippen LogP contribution in [0.25, 0.3) is 0 Å². The highest BCUT2D eigenvalue weighted by Crippen LogP contribution is 2.29. The molecular formula is C13H19F2NO2. The predicted octanol–water partition coefficient (Wildman–Crippen LogP) is 3.01. The van der Waals surface area contributed by atoms with Crippen LogP contribution in [0.1, 0.15) is 24.9 Å². The van der Waals surface area contributed by atoms with Gasteiger partial charge in [0.15, 0.2) is 0 Å². The number of nitrogens with one attached hydrogen (secondary N) is 1. The smallest absolute Gasteiger partial charge is 0.257 e. The van der Waals surface area contributed by atoms with E-state index in [1.54, 1.807) is 18.2 Å². The van der Waals surface area contributed by atoms with Gasteiger partial charge in [0.1, 0.15) is 11.5 Å². The minimum Gasteiger partial charge on any atom is -0.497 e. The summed E-state index contributed by atoms with van der Waals surface area (Å²) in [4.78, 5) is 0. The maximum atomic E-state index is 13.0. The summed E-state index contributed by atoms with van der Waals surface area (Å²) < 4.78 is 36.2. The van der Waals surface area contributed by atoms with E-state index in [1.165, 1.54) is 14.2 Å². The molecule has 0 aliphatic heterocycles. The minimum atomic E-state index is -2.48. The molecule has 1 N–H and O–H groups in total. The summed E-state index contributed by atoms with van der Waals surface area (Å²) in [6, 6.07) is 3.85. The third-order valence-electron chi connectivity index (χ3n) is 2.60. The van der Waals surface area contributed by atoms with Crippen LogP contribution in [-0.2, 0) is 0 Å². The zero-order valence-electron chi connectivity index (χ0n) is 10.9. The van der Waals surface area contributed by atoms with E-state index in [4.69, 9.17) is 9.47 Å². The van der Waals surface area contributed by atoms with Gasteiger partial charge in [-0.05, 0) is 30.7 Å². The van der Waals surface area contributed by atoms with Gasteiger partial charge in [0.25, 0.3) is 6.43 Å². The molecule has 1 aromatic carbocycles. The molecule has 0 fully saturated rings. The normalized spacial score (nSPS) is 12.6. The van der Waals surface area contributed by atoms with Crippen molar-refractivity contribution in [2.45, 2.75) is 25.8 Å². The largest absolute Gasteiger partial charge is 0.497 e. The highest BCUT2D eigenvalue weighted by atomic mass is 19.3. The van der Waals surface area contributed by atoms with Crippen LogP contribution < -0.4 is 14.8 Å². The third kappa shape index (κ3) is 3.84. The second-order valence-electron chi connectivity index (χ2n) is 3.91. The standard InChI is InChI=1S/C13H19F2NO2/c1-4-5-16-12(13(14)15)9-6-10(17-2)8-11(7-9)18-3/h6-8,12-13,16H,4-5H2,1-3H3. The number of methoxy groups -OCH3 is 2. The average Bonchev–Trinajstić information content (AvgIpc) is 2.38. The number of hydrogen-bond acceptors (Lipinski definition) is 3. The van der Waals surface area contributed by atoms with Crippen molar-refractivity contribution in [3.8, 4) is 11.5 Å². The van der Waals surface area contributed by atoms with Gasteiger partial charge in [-0.2, -0.15) is 0 Å². The lowest BCUT2D eigenvalue weighted by molar-refractivity contribution is 0.0983. The van der Waals surface area contributed by atoms with Gasteiger partial charge in [-0.25, -0.2) is 8.78 Å². The van der Waals surface area contributed by atoms with Gasteiger partial charge in [-0.3, -0.25) is 0 Å². The molecule has 0 aliphatic carbocycles. The van der Waals surface area contributed by atoms with Crippen molar-refractivity contribution < 1.29 is 18.3 Å². The fraction of sp³-hybridized carbons (Fsp3) is 0.538. The quantitative estimate of drug-likeness (QED) is 0.816. The predicted molar refractivity (Wildman–Crippen MR) is 66.6 cm³/mol. The second kappa shape index (κ2) is 7.16. The van der Waals surface area contributed by atoms with Crippen molar-refractivity contribution in [3.05, 3.63) is 23.8 Å². The monoisotopic (exact) mass is 259 g/mol. The van der Waals surface area contributed by atoms with Crippen molar-refractivity contribution in [3.63, 3.8) is 0 Å². The Morgan fingerprint density at radius 2 is 1.67 bits per heavy atom. The van der Waals surface area contributed by atoms with Crippen LogP contribution in [0.5, 0.6) is 11.5 Å². The van der Waals surface area contributed by atoms with Gasteiger partial charge < -0.3 is 14.8 Å². The van der Waals surface area contributed by atoms with Crippen LogP contribution >= 0.6 is 0 Å². The molecule has 3 nitrogen and oxygen atoms in total. The van der Waals surface area contributed by atoms with Crippen LogP contribution in [0, 0.1) is 0 Å². The van der Waals surface area contributed by atoms with Gasteiger partial charge in [-0.1, -0.05) is 6.92 Å². The molecule has 0 aliphatic rings. The van der Waals surface area contributed by atoms with Crippen molar-refractivity contribution in [2.75, 3.05) is 20.8 Å². The number of alkyl halides is 2. The van der Waals surface area contributed by atoms with Gasteiger partial charge in [-0.15, -0.1) is 0 Å². The van der Waals surface area contributed by atoms with Crippen molar-refractivity contribution >= 4 is 0 Å². The molecule has 1 unspecified atom stereocenters.